The number of halogens is 1. The zero-order valence-electron chi connectivity index (χ0n) is 17.4. The lowest BCUT2D eigenvalue weighted by atomic mass is 10.1. The molecule has 0 saturated carbocycles. The molecule has 1 atom stereocenters. The number of hydrogen-bond acceptors (Lipinski definition) is 6. The van der Waals surface area contributed by atoms with Crippen LogP contribution in [0.2, 0.25) is 0 Å². The fraction of sp³-hybridized carbons (Fsp3) is 0.550. The first-order valence-electron chi connectivity index (χ1n) is 9.08. The summed E-state index contributed by atoms with van der Waals surface area (Å²) in [4.78, 5) is 12.3. The van der Waals surface area contributed by atoms with Crippen molar-refractivity contribution < 1.29 is 18.7 Å². The van der Waals surface area contributed by atoms with Gasteiger partial charge in [-0.2, -0.15) is 0 Å². The first kappa shape index (κ1) is 22.4. The van der Waals surface area contributed by atoms with Crippen LogP contribution in [-0.4, -0.2) is 34.1 Å². The Labute approximate surface area is 174 Å². The molecule has 1 aromatic carbocycles. The van der Waals surface area contributed by atoms with Gasteiger partial charge in [0, 0.05) is 10.0 Å². The highest BCUT2D eigenvalue weighted by Crippen LogP contribution is 2.29. The van der Waals surface area contributed by atoms with E-state index in [1.54, 1.807) is 20.8 Å². The van der Waals surface area contributed by atoms with Crippen molar-refractivity contribution >= 4 is 22.0 Å². The molecule has 1 N–H and O–H groups in total. The summed E-state index contributed by atoms with van der Waals surface area (Å²) in [6.07, 6.45) is -0.576. The lowest BCUT2D eigenvalue weighted by molar-refractivity contribution is -0.0206. The van der Waals surface area contributed by atoms with Gasteiger partial charge in [0.05, 0.1) is 12.2 Å². The summed E-state index contributed by atoms with van der Waals surface area (Å²) >= 11 is 3.50. The van der Waals surface area contributed by atoms with Crippen LogP contribution in [-0.2, 0) is 9.47 Å². The second-order valence-corrected chi connectivity index (χ2v) is 9.33. The lowest BCUT2D eigenvalue weighted by Gasteiger charge is -2.25. The molecule has 0 unspecified atom stereocenters. The molecule has 0 fully saturated rings. The summed E-state index contributed by atoms with van der Waals surface area (Å²) in [6, 6.07) is 5.11. The molecule has 154 valence electrons. The quantitative estimate of drug-likeness (QED) is 0.669. The van der Waals surface area contributed by atoms with Gasteiger partial charge in [-0.05, 0) is 66.2 Å². The number of ether oxygens (including phenoxy) is 2. The first-order chi connectivity index (χ1) is 12.9. The number of nitrogens with zero attached hydrogens (tertiary/aromatic N) is 2. The van der Waals surface area contributed by atoms with Crippen LogP contribution in [0.25, 0.3) is 11.5 Å². The molecule has 2 rings (SSSR count). The number of amides is 1. The Bertz CT molecular complexity index is 822. The average Bonchev–Trinajstić information content (AvgIpc) is 3.01. The van der Waals surface area contributed by atoms with E-state index in [2.05, 4.69) is 31.4 Å². The molecule has 0 aliphatic carbocycles. The van der Waals surface area contributed by atoms with Crippen LogP contribution in [0.4, 0.5) is 4.79 Å². The third-order valence-electron chi connectivity index (χ3n) is 3.61. The molecule has 1 aromatic heterocycles. The van der Waals surface area contributed by atoms with E-state index in [0.717, 1.165) is 15.6 Å². The number of rotatable bonds is 5. The van der Waals surface area contributed by atoms with Gasteiger partial charge in [0.2, 0.25) is 11.8 Å². The molecule has 8 heteroatoms. The van der Waals surface area contributed by atoms with Crippen LogP contribution >= 0.6 is 15.9 Å². The van der Waals surface area contributed by atoms with Crippen molar-refractivity contribution in [3.8, 4) is 11.5 Å². The first-order valence-corrected chi connectivity index (χ1v) is 9.87. The summed E-state index contributed by atoms with van der Waals surface area (Å²) in [5, 5.41) is 11.0. The summed E-state index contributed by atoms with van der Waals surface area (Å²) in [6.45, 7) is 13.3. The number of alkyl carbamates (subject to hydrolysis) is 1. The van der Waals surface area contributed by atoms with E-state index < -0.39 is 23.3 Å². The summed E-state index contributed by atoms with van der Waals surface area (Å²) < 4.78 is 18.0. The molecular formula is C20H28BrN3O4. The van der Waals surface area contributed by atoms with Gasteiger partial charge in [0.15, 0.2) is 0 Å². The van der Waals surface area contributed by atoms with Crippen LogP contribution in [0.1, 0.15) is 59.0 Å². The van der Waals surface area contributed by atoms with E-state index >= 15 is 0 Å². The number of aromatic nitrogens is 2. The van der Waals surface area contributed by atoms with Crippen LogP contribution in [0, 0.1) is 6.92 Å². The Morgan fingerprint density at radius 1 is 1.18 bits per heavy atom. The van der Waals surface area contributed by atoms with E-state index in [0.29, 0.717) is 5.89 Å². The SMILES string of the molecule is Cc1c(Br)cccc1-c1nnc([C@@H](COC(C)(C)C)NC(=O)OC(C)(C)C)o1. The summed E-state index contributed by atoms with van der Waals surface area (Å²) in [5.41, 5.74) is 0.797. The summed E-state index contributed by atoms with van der Waals surface area (Å²) in [7, 11) is 0. The minimum atomic E-state index is -0.636. The molecule has 1 heterocycles. The Hall–Kier alpha value is -1.93. The predicted molar refractivity (Wildman–Crippen MR) is 110 cm³/mol. The second kappa shape index (κ2) is 8.61. The average molecular weight is 454 g/mol. The topological polar surface area (TPSA) is 86.5 Å². The van der Waals surface area contributed by atoms with Gasteiger partial charge in [-0.25, -0.2) is 4.79 Å². The molecule has 0 saturated heterocycles. The minimum absolute atomic E-state index is 0.168. The smallest absolute Gasteiger partial charge is 0.408 e. The lowest BCUT2D eigenvalue weighted by Crippen LogP contribution is -2.38. The third-order valence-corrected chi connectivity index (χ3v) is 4.47. The molecule has 0 bridgehead atoms. The van der Waals surface area contributed by atoms with Crippen molar-refractivity contribution in [2.45, 2.75) is 65.7 Å². The molecular weight excluding hydrogens is 426 g/mol. The molecule has 1 amide bonds. The number of carbonyl (C=O) groups is 1. The van der Waals surface area contributed by atoms with Crippen molar-refractivity contribution in [2.24, 2.45) is 0 Å². The zero-order valence-corrected chi connectivity index (χ0v) is 19.0. The monoisotopic (exact) mass is 453 g/mol. The van der Waals surface area contributed by atoms with Crippen LogP contribution in [0.15, 0.2) is 27.1 Å². The van der Waals surface area contributed by atoms with Crippen LogP contribution in [0.5, 0.6) is 0 Å². The Morgan fingerprint density at radius 2 is 1.86 bits per heavy atom. The summed E-state index contributed by atoms with van der Waals surface area (Å²) in [5.74, 6) is 0.630. The van der Waals surface area contributed by atoms with Gasteiger partial charge in [-0.1, -0.05) is 22.0 Å². The van der Waals surface area contributed by atoms with Gasteiger partial charge < -0.3 is 19.2 Å². The van der Waals surface area contributed by atoms with Gasteiger partial charge in [-0.15, -0.1) is 10.2 Å². The van der Waals surface area contributed by atoms with Crippen molar-refractivity contribution in [3.05, 3.63) is 34.1 Å². The maximum Gasteiger partial charge on any atom is 0.408 e. The molecule has 0 aliphatic heterocycles. The van der Waals surface area contributed by atoms with Crippen molar-refractivity contribution in [1.82, 2.24) is 15.5 Å². The highest BCUT2D eigenvalue weighted by molar-refractivity contribution is 9.10. The van der Waals surface area contributed by atoms with Crippen LogP contribution < -0.4 is 5.32 Å². The minimum Gasteiger partial charge on any atom is -0.444 e. The third kappa shape index (κ3) is 6.60. The van der Waals surface area contributed by atoms with Gasteiger partial charge in [0.25, 0.3) is 0 Å². The second-order valence-electron chi connectivity index (χ2n) is 8.48. The fourth-order valence-electron chi connectivity index (χ4n) is 2.28. The highest BCUT2D eigenvalue weighted by Gasteiger charge is 2.27. The van der Waals surface area contributed by atoms with E-state index in [-0.39, 0.29) is 12.5 Å². The number of nitrogens with one attached hydrogen (secondary N) is 1. The van der Waals surface area contributed by atoms with Crippen molar-refractivity contribution in [1.29, 1.82) is 0 Å². The van der Waals surface area contributed by atoms with Gasteiger partial charge in [-0.3, -0.25) is 0 Å². The van der Waals surface area contributed by atoms with Crippen molar-refractivity contribution in [2.75, 3.05) is 6.61 Å². The molecule has 28 heavy (non-hydrogen) atoms. The number of hydrogen-bond donors (Lipinski definition) is 1. The largest absolute Gasteiger partial charge is 0.444 e. The van der Waals surface area contributed by atoms with Gasteiger partial charge in [0.1, 0.15) is 11.6 Å². The number of benzene rings is 1. The maximum atomic E-state index is 12.3. The standard InChI is InChI=1S/C20H28BrN3O4/c1-12-13(9-8-10-14(12)21)16-23-24-17(27-16)15(11-26-19(2,3)4)22-18(25)28-20(5,6)7/h8-10,15H,11H2,1-7H3,(H,22,25)/t15-/m1/s1. The Balaban J connectivity index is 2.26. The zero-order chi connectivity index (χ0) is 21.1. The Kier molecular flexibility index (Phi) is 6.88. The highest BCUT2D eigenvalue weighted by atomic mass is 79.9. The molecule has 0 aliphatic rings. The van der Waals surface area contributed by atoms with E-state index in [1.807, 2.05) is 45.9 Å². The maximum absolute atomic E-state index is 12.3. The molecule has 2 aromatic rings. The van der Waals surface area contributed by atoms with E-state index in [4.69, 9.17) is 13.9 Å². The number of carbonyl (C=O) groups excluding carboxylic acids is 1. The fourth-order valence-corrected chi connectivity index (χ4v) is 2.65. The van der Waals surface area contributed by atoms with Gasteiger partial charge >= 0.3 is 6.09 Å². The van der Waals surface area contributed by atoms with Crippen LogP contribution in [0.3, 0.4) is 0 Å². The Morgan fingerprint density at radius 3 is 2.46 bits per heavy atom. The molecule has 7 nitrogen and oxygen atoms in total. The van der Waals surface area contributed by atoms with E-state index in [1.165, 1.54) is 0 Å². The molecule has 0 spiro atoms. The van der Waals surface area contributed by atoms with E-state index in [9.17, 15) is 4.79 Å². The normalized spacial score (nSPS) is 13.3. The molecule has 0 radical (unpaired) electrons. The predicted octanol–water partition coefficient (Wildman–Crippen LogP) is 5.19. The van der Waals surface area contributed by atoms with Crippen molar-refractivity contribution in [3.63, 3.8) is 0 Å².